The predicted molar refractivity (Wildman–Crippen MR) is 76.8 cm³/mol. The molecule has 0 saturated carbocycles. The van der Waals surface area contributed by atoms with E-state index in [0.29, 0.717) is 5.92 Å². The zero-order valence-electron chi connectivity index (χ0n) is 10.8. The molecule has 2 aliphatic rings. The molecular weight excluding hydrogens is 216 g/mol. The van der Waals surface area contributed by atoms with E-state index in [1.54, 1.807) is 0 Å². The molecule has 0 nitrogen and oxygen atoms in total. The fraction of sp³-hybridized carbons (Fsp3) is 0.222. The van der Waals surface area contributed by atoms with Gasteiger partial charge >= 0.3 is 0 Å². The van der Waals surface area contributed by atoms with E-state index in [0.717, 1.165) is 6.42 Å². The first-order valence-corrected chi connectivity index (χ1v) is 6.68. The van der Waals surface area contributed by atoms with Crippen molar-refractivity contribution in [3.05, 3.63) is 64.7 Å². The summed E-state index contributed by atoms with van der Waals surface area (Å²) in [6.45, 7) is 4.53. The van der Waals surface area contributed by atoms with Crippen LogP contribution in [0.1, 0.15) is 42.0 Å². The minimum Gasteiger partial charge on any atom is -0.0737 e. The Bertz CT molecular complexity index is 689. The lowest BCUT2D eigenvalue weighted by molar-refractivity contribution is 0.985. The maximum Gasteiger partial charge on any atom is 0.000163 e. The molecule has 0 heterocycles. The van der Waals surface area contributed by atoms with E-state index in [9.17, 15) is 0 Å². The second-order valence-corrected chi connectivity index (χ2v) is 5.57. The summed E-state index contributed by atoms with van der Waals surface area (Å²) in [6, 6.07) is 13.6. The standard InChI is InChI=1S/C18H16/c1-11-7-12(2)17-10-18-14(9-16(11)17)8-13-5-3-4-6-15(13)18/h3-7,9-11H,8H2,1-2H3. The van der Waals surface area contributed by atoms with E-state index < -0.39 is 0 Å². The predicted octanol–water partition coefficient (Wildman–Crippen LogP) is 4.78. The molecule has 0 radical (unpaired) electrons. The molecule has 0 bridgehead atoms. The van der Waals surface area contributed by atoms with Gasteiger partial charge in [-0.25, -0.2) is 0 Å². The lowest BCUT2D eigenvalue weighted by Gasteiger charge is -2.09. The first kappa shape index (κ1) is 10.1. The summed E-state index contributed by atoms with van der Waals surface area (Å²) < 4.78 is 0. The van der Waals surface area contributed by atoms with Gasteiger partial charge in [0.15, 0.2) is 0 Å². The molecular formula is C18H16. The van der Waals surface area contributed by atoms with Gasteiger partial charge in [-0.2, -0.15) is 0 Å². The molecule has 18 heavy (non-hydrogen) atoms. The van der Waals surface area contributed by atoms with Gasteiger partial charge in [0, 0.05) is 5.92 Å². The number of rotatable bonds is 0. The Morgan fingerprint density at radius 3 is 2.67 bits per heavy atom. The number of fused-ring (bicyclic) bond motifs is 4. The molecule has 0 fully saturated rings. The zero-order valence-corrected chi connectivity index (χ0v) is 10.8. The van der Waals surface area contributed by atoms with Gasteiger partial charge in [0.2, 0.25) is 0 Å². The zero-order chi connectivity index (χ0) is 12.3. The highest BCUT2D eigenvalue weighted by Gasteiger charge is 2.24. The number of hydrogen-bond acceptors (Lipinski definition) is 0. The van der Waals surface area contributed by atoms with Gasteiger partial charge in [-0.1, -0.05) is 43.3 Å². The van der Waals surface area contributed by atoms with Gasteiger partial charge < -0.3 is 0 Å². The van der Waals surface area contributed by atoms with E-state index in [4.69, 9.17) is 0 Å². The van der Waals surface area contributed by atoms with Crippen molar-refractivity contribution in [3.8, 4) is 11.1 Å². The summed E-state index contributed by atoms with van der Waals surface area (Å²) in [5, 5.41) is 0. The van der Waals surface area contributed by atoms with Crippen LogP contribution in [-0.2, 0) is 6.42 Å². The number of allylic oxidation sites excluding steroid dienone is 2. The van der Waals surface area contributed by atoms with E-state index in [1.807, 2.05) is 0 Å². The smallest absolute Gasteiger partial charge is 0.000163 e. The first-order valence-electron chi connectivity index (χ1n) is 6.68. The molecule has 88 valence electrons. The molecule has 0 heteroatoms. The van der Waals surface area contributed by atoms with Crippen LogP contribution in [-0.4, -0.2) is 0 Å². The van der Waals surface area contributed by atoms with Crippen LogP contribution in [0.4, 0.5) is 0 Å². The van der Waals surface area contributed by atoms with Crippen LogP contribution in [0.25, 0.3) is 16.7 Å². The molecule has 2 aliphatic carbocycles. The highest BCUT2D eigenvalue weighted by Crippen LogP contribution is 2.43. The Balaban J connectivity index is 1.98. The molecule has 2 aromatic carbocycles. The molecule has 0 saturated heterocycles. The summed E-state index contributed by atoms with van der Waals surface area (Å²) in [4.78, 5) is 0. The van der Waals surface area contributed by atoms with E-state index >= 15 is 0 Å². The van der Waals surface area contributed by atoms with Crippen molar-refractivity contribution in [3.63, 3.8) is 0 Å². The molecule has 0 aliphatic heterocycles. The van der Waals surface area contributed by atoms with Gasteiger partial charge in [-0.05, 0) is 58.4 Å². The van der Waals surface area contributed by atoms with Crippen LogP contribution >= 0.6 is 0 Å². The minimum atomic E-state index is 0.578. The van der Waals surface area contributed by atoms with Crippen LogP contribution in [0.5, 0.6) is 0 Å². The second-order valence-electron chi connectivity index (χ2n) is 5.57. The molecule has 0 aromatic heterocycles. The maximum atomic E-state index is 2.43. The van der Waals surface area contributed by atoms with Gasteiger partial charge in [0.25, 0.3) is 0 Å². The Morgan fingerprint density at radius 2 is 1.78 bits per heavy atom. The van der Waals surface area contributed by atoms with Gasteiger partial charge in [0.1, 0.15) is 0 Å². The largest absolute Gasteiger partial charge is 0.0737 e. The first-order chi connectivity index (χ1) is 8.74. The van der Waals surface area contributed by atoms with E-state index in [1.165, 1.54) is 39.0 Å². The van der Waals surface area contributed by atoms with Crippen molar-refractivity contribution in [1.82, 2.24) is 0 Å². The average Bonchev–Trinajstić information content (AvgIpc) is 2.86. The normalized spacial score (nSPS) is 19.2. The fourth-order valence-corrected chi connectivity index (χ4v) is 3.48. The van der Waals surface area contributed by atoms with Crippen molar-refractivity contribution < 1.29 is 0 Å². The van der Waals surface area contributed by atoms with Crippen LogP contribution in [0.3, 0.4) is 0 Å². The van der Waals surface area contributed by atoms with Gasteiger partial charge in [-0.15, -0.1) is 0 Å². The highest BCUT2D eigenvalue weighted by molar-refractivity contribution is 5.83. The van der Waals surface area contributed by atoms with Crippen molar-refractivity contribution in [2.24, 2.45) is 0 Å². The monoisotopic (exact) mass is 232 g/mol. The quantitative estimate of drug-likeness (QED) is 0.523. The molecule has 1 unspecified atom stereocenters. The summed E-state index contributed by atoms with van der Waals surface area (Å²) >= 11 is 0. The van der Waals surface area contributed by atoms with Gasteiger partial charge in [0.05, 0.1) is 0 Å². The summed E-state index contributed by atoms with van der Waals surface area (Å²) in [6.07, 6.45) is 3.48. The molecule has 0 spiro atoms. The van der Waals surface area contributed by atoms with Crippen LogP contribution in [0.2, 0.25) is 0 Å². The molecule has 2 aromatic rings. The molecule has 0 amide bonds. The third kappa shape index (κ3) is 1.21. The average molecular weight is 232 g/mol. The Morgan fingerprint density at radius 1 is 0.944 bits per heavy atom. The minimum absolute atomic E-state index is 0.578. The van der Waals surface area contributed by atoms with Crippen molar-refractivity contribution in [2.45, 2.75) is 26.2 Å². The second kappa shape index (κ2) is 3.35. The lowest BCUT2D eigenvalue weighted by atomic mass is 9.95. The molecule has 4 rings (SSSR count). The fourth-order valence-electron chi connectivity index (χ4n) is 3.48. The topological polar surface area (TPSA) is 0 Å². The summed E-state index contributed by atoms with van der Waals surface area (Å²) in [5.41, 5.74) is 10.3. The maximum absolute atomic E-state index is 2.43. The summed E-state index contributed by atoms with van der Waals surface area (Å²) in [5.74, 6) is 0.578. The Kier molecular flexibility index (Phi) is 1.89. The van der Waals surface area contributed by atoms with Crippen LogP contribution < -0.4 is 0 Å². The number of hydrogen-bond donors (Lipinski definition) is 0. The van der Waals surface area contributed by atoms with Gasteiger partial charge in [-0.3, -0.25) is 0 Å². The molecule has 0 N–H and O–H groups in total. The van der Waals surface area contributed by atoms with Crippen LogP contribution in [0.15, 0.2) is 42.5 Å². The van der Waals surface area contributed by atoms with Crippen molar-refractivity contribution in [1.29, 1.82) is 0 Å². The van der Waals surface area contributed by atoms with E-state index in [2.05, 4.69) is 56.3 Å². The number of benzene rings is 2. The Labute approximate surface area is 108 Å². The third-order valence-electron chi connectivity index (χ3n) is 4.38. The Hall–Kier alpha value is -1.82. The van der Waals surface area contributed by atoms with Crippen LogP contribution in [0, 0.1) is 0 Å². The SMILES string of the molecule is CC1=CC(C)c2cc3c(cc21)-c1ccccc1C3. The highest BCUT2D eigenvalue weighted by atomic mass is 14.3. The van der Waals surface area contributed by atoms with Crippen molar-refractivity contribution >= 4 is 5.57 Å². The lowest BCUT2D eigenvalue weighted by Crippen LogP contribution is -1.91. The summed E-state index contributed by atoms with van der Waals surface area (Å²) in [7, 11) is 0. The van der Waals surface area contributed by atoms with E-state index in [-0.39, 0.29) is 0 Å². The third-order valence-corrected chi connectivity index (χ3v) is 4.38. The van der Waals surface area contributed by atoms with Crippen molar-refractivity contribution in [2.75, 3.05) is 0 Å². The molecule has 1 atom stereocenters.